The molecule has 1 aromatic carbocycles. The highest BCUT2D eigenvalue weighted by molar-refractivity contribution is 5.88. The van der Waals surface area contributed by atoms with Gasteiger partial charge in [-0.25, -0.2) is 5.43 Å². The van der Waals surface area contributed by atoms with E-state index in [1.165, 1.54) is 7.11 Å². The van der Waals surface area contributed by atoms with E-state index in [-0.39, 0.29) is 29.1 Å². The van der Waals surface area contributed by atoms with E-state index >= 15 is 0 Å². The molecule has 2 aliphatic heterocycles. The molecule has 2 heterocycles. The van der Waals surface area contributed by atoms with Crippen LogP contribution in [-0.4, -0.2) is 56.0 Å². The van der Waals surface area contributed by atoms with Crippen molar-refractivity contribution in [2.75, 3.05) is 33.3 Å². The number of hydrazine groups is 1. The number of esters is 1. The second-order valence-corrected chi connectivity index (χ2v) is 7.09. The predicted molar refractivity (Wildman–Crippen MR) is 94.9 cm³/mol. The zero-order chi connectivity index (χ0) is 17.9. The predicted octanol–water partition coefficient (Wildman–Crippen LogP) is 0.875. The smallest absolute Gasteiger partial charge is 0.324 e. The number of hydrogen-bond acceptors (Lipinski definition) is 6. The maximum atomic E-state index is 12.5. The van der Waals surface area contributed by atoms with Crippen molar-refractivity contribution in [1.29, 1.82) is 0 Å². The van der Waals surface area contributed by atoms with Crippen LogP contribution in [-0.2, 0) is 19.7 Å². The molecule has 2 aliphatic rings. The van der Waals surface area contributed by atoms with Crippen LogP contribution in [0.5, 0.6) is 0 Å². The third-order valence-corrected chi connectivity index (χ3v) is 5.75. The molecule has 2 saturated heterocycles. The molecule has 25 heavy (non-hydrogen) atoms. The van der Waals surface area contributed by atoms with Crippen molar-refractivity contribution in [3.05, 3.63) is 35.9 Å². The number of methoxy groups -OCH3 is 1. The van der Waals surface area contributed by atoms with E-state index in [1.54, 1.807) is 6.92 Å². The van der Waals surface area contributed by atoms with Gasteiger partial charge in [-0.3, -0.25) is 15.0 Å². The Labute approximate surface area is 148 Å². The number of ketones is 1. The Morgan fingerprint density at radius 2 is 1.92 bits per heavy atom. The molecule has 0 radical (unpaired) electrons. The first-order valence-electron chi connectivity index (χ1n) is 8.92. The third-order valence-electron chi connectivity index (χ3n) is 5.75. The first kappa shape index (κ1) is 18.0. The van der Waals surface area contributed by atoms with Crippen LogP contribution >= 0.6 is 0 Å². The molecule has 6 nitrogen and oxygen atoms in total. The number of nitrogens with one attached hydrogen (secondary N) is 2. The summed E-state index contributed by atoms with van der Waals surface area (Å²) in [5, 5.41) is 0. The Balaban J connectivity index is 1.65. The summed E-state index contributed by atoms with van der Waals surface area (Å²) in [7, 11) is 1.42. The highest BCUT2D eigenvalue weighted by Gasteiger charge is 2.42. The van der Waals surface area contributed by atoms with E-state index in [0.29, 0.717) is 0 Å². The minimum atomic E-state index is -0.369. The number of piperidine rings is 1. The number of ether oxygens (including phenoxy) is 1. The van der Waals surface area contributed by atoms with Gasteiger partial charge >= 0.3 is 5.97 Å². The Bertz CT molecular complexity index is 612. The highest BCUT2D eigenvalue weighted by Crippen LogP contribution is 2.36. The number of hydrogen-bond donors (Lipinski definition) is 2. The van der Waals surface area contributed by atoms with E-state index in [9.17, 15) is 9.59 Å². The van der Waals surface area contributed by atoms with Crippen LogP contribution in [0.3, 0.4) is 0 Å². The second kappa shape index (κ2) is 7.64. The minimum absolute atomic E-state index is 0.175. The minimum Gasteiger partial charge on any atom is -0.468 e. The molecule has 3 rings (SSSR count). The lowest BCUT2D eigenvalue weighted by atomic mass is 9.70. The number of carbonyl (C=O) groups is 2. The molecular weight excluding hydrogens is 318 g/mol. The van der Waals surface area contributed by atoms with Crippen LogP contribution in [0.2, 0.25) is 0 Å². The zero-order valence-electron chi connectivity index (χ0n) is 15.0. The van der Waals surface area contributed by atoms with Crippen molar-refractivity contribution in [2.45, 2.75) is 31.2 Å². The Hall–Kier alpha value is -1.76. The van der Waals surface area contributed by atoms with E-state index in [4.69, 9.17) is 4.74 Å². The Kier molecular flexibility index (Phi) is 5.51. The van der Waals surface area contributed by atoms with E-state index in [1.807, 2.05) is 18.2 Å². The fraction of sp³-hybridized carbons (Fsp3) is 0.579. The quantitative estimate of drug-likeness (QED) is 0.772. The molecule has 6 heteroatoms. The van der Waals surface area contributed by atoms with Crippen LogP contribution in [0.1, 0.15) is 25.3 Å². The fourth-order valence-corrected chi connectivity index (χ4v) is 4.13. The standard InChI is InChI=1S/C19H27N3O3/c1-14(23)19(16-6-4-3-5-7-16)8-10-22(11-9-19)13-15-12-20-21-17(15)18(24)25-2/h3-7,15,17,20-21H,8-13H2,1-2H3. The van der Waals surface area contributed by atoms with Gasteiger partial charge < -0.3 is 9.64 Å². The van der Waals surface area contributed by atoms with Gasteiger partial charge in [0.25, 0.3) is 0 Å². The van der Waals surface area contributed by atoms with Crippen molar-refractivity contribution in [3.63, 3.8) is 0 Å². The van der Waals surface area contributed by atoms with Crippen molar-refractivity contribution in [3.8, 4) is 0 Å². The van der Waals surface area contributed by atoms with Gasteiger partial charge in [-0.05, 0) is 38.4 Å². The Morgan fingerprint density at radius 1 is 1.24 bits per heavy atom. The van der Waals surface area contributed by atoms with Gasteiger partial charge in [0.2, 0.25) is 0 Å². The van der Waals surface area contributed by atoms with Gasteiger partial charge in [-0.15, -0.1) is 0 Å². The average molecular weight is 345 g/mol. The van der Waals surface area contributed by atoms with Gasteiger partial charge in [0.1, 0.15) is 11.8 Å². The molecule has 0 spiro atoms. The Morgan fingerprint density at radius 3 is 2.52 bits per heavy atom. The number of rotatable bonds is 5. The first-order valence-corrected chi connectivity index (χ1v) is 8.92. The summed E-state index contributed by atoms with van der Waals surface area (Å²) < 4.78 is 4.87. The van der Waals surface area contributed by atoms with E-state index in [2.05, 4.69) is 27.9 Å². The zero-order valence-corrected chi connectivity index (χ0v) is 15.0. The molecule has 136 valence electrons. The van der Waals surface area contributed by atoms with Crippen LogP contribution in [0.15, 0.2) is 30.3 Å². The van der Waals surface area contributed by atoms with Crippen LogP contribution in [0.4, 0.5) is 0 Å². The lowest BCUT2D eigenvalue weighted by molar-refractivity contribution is -0.144. The van der Waals surface area contributed by atoms with Gasteiger partial charge in [0, 0.05) is 19.0 Å². The van der Waals surface area contributed by atoms with Crippen molar-refractivity contribution in [2.24, 2.45) is 5.92 Å². The lowest BCUT2D eigenvalue weighted by Crippen LogP contribution is -2.49. The number of carbonyl (C=O) groups excluding carboxylic acids is 2. The summed E-state index contributed by atoms with van der Waals surface area (Å²) >= 11 is 0. The molecule has 2 N–H and O–H groups in total. The SMILES string of the molecule is COC(=O)C1NNCC1CN1CCC(C(C)=O)(c2ccccc2)CC1. The van der Waals surface area contributed by atoms with Gasteiger partial charge in [0.05, 0.1) is 12.5 Å². The largest absolute Gasteiger partial charge is 0.468 e. The van der Waals surface area contributed by atoms with Gasteiger partial charge in [-0.1, -0.05) is 30.3 Å². The monoisotopic (exact) mass is 345 g/mol. The molecule has 1 aromatic rings. The van der Waals surface area contributed by atoms with Gasteiger partial charge in [-0.2, -0.15) is 0 Å². The van der Waals surface area contributed by atoms with Crippen LogP contribution < -0.4 is 10.9 Å². The van der Waals surface area contributed by atoms with Crippen molar-refractivity contribution in [1.82, 2.24) is 15.8 Å². The number of Topliss-reactive ketones (excluding diaryl/α,β-unsaturated/α-hetero) is 1. The first-order chi connectivity index (χ1) is 12.1. The third kappa shape index (κ3) is 3.61. The summed E-state index contributed by atoms with van der Waals surface area (Å²) in [4.78, 5) is 26.7. The topological polar surface area (TPSA) is 70.7 Å². The lowest BCUT2D eigenvalue weighted by Gasteiger charge is -2.41. The summed E-state index contributed by atoms with van der Waals surface area (Å²) in [6, 6.07) is 9.81. The second-order valence-electron chi connectivity index (χ2n) is 7.09. The number of nitrogens with zero attached hydrogens (tertiary/aromatic N) is 1. The summed E-state index contributed by atoms with van der Waals surface area (Å²) in [6.07, 6.45) is 1.64. The number of likely N-dealkylation sites (tertiary alicyclic amines) is 1. The molecule has 0 bridgehead atoms. The number of benzene rings is 1. The summed E-state index contributed by atoms with van der Waals surface area (Å²) in [6.45, 7) is 4.99. The molecule has 0 amide bonds. The summed E-state index contributed by atoms with van der Waals surface area (Å²) in [5.41, 5.74) is 6.81. The van der Waals surface area contributed by atoms with Crippen LogP contribution in [0.25, 0.3) is 0 Å². The average Bonchev–Trinajstić information content (AvgIpc) is 3.10. The molecule has 0 aromatic heterocycles. The van der Waals surface area contributed by atoms with E-state index < -0.39 is 0 Å². The summed E-state index contributed by atoms with van der Waals surface area (Å²) in [5.74, 6) is 0.193. The normalized spacial score (nSPS) is 26.3. The molecule has 2 unspecified atom stereocenters. The van der Waals surface area contributed by atoms with Crippen molar-refractivity contribution < 1.29 is 14.3 Å². The molecule has 2 atom stereocenters. The van der Waals surface area contributed by atoms with E-state index in [0.717, 1.165) is 44.6 Å². The fourth-order valence-electron chi connectivity index (χ4n) is 4.13. The maximum Gasteiger partial charge on any atom is 0.324 e. The molecule has 0 saturated carbocycles. The molecule has 0 aliphatic carbocycles. The van der Waals surface area contributed by atoms with Crippen molar-refractivity contribution >= 4 is 11.8 Å². The maximum absolute atomic E-state index is 12.5. The van der Waals surface area contributed by atoms with Gasteiger partial charge in [0.15, 0.2) is 0 Å². The molecular formula is C19H27N3O3. The molecule has 2 fully saturated rings. The highest BCUT2D eigenvalue weighted by atomic mass is 16.5. The van der Waals surface area contributed by atoms with Crippen LogP contribution in [0, 0.1) is 5.92 Å².